The highest BCUT2D eigenvalue weighted by atomic mass is 35.5. The Labute approximate surface area is 153 Å². The van der Waals surface area contributed by atoms with E-state index in [1.807, 2.05) is 26.0 Å². The van der Waals surface area contributed by atoms with Crippen molar-refractivity contribution < 1.29 is 18.7 Å². The van der Waals surface area contributed by atoms with Gasteiger partial charge in [-0.15, -0.1) is 12.4 Å². The summed E-state index contributed by atoms with van der Waals surface area (Å²) in [7, 11) is 0. The summed E-state index contributed by atoms with van der Waals surface area (Å²) >= 11 is 0. The molecule has 136 valence electrons. The maximum Gasteiger partial charge on any atom is 0.254 e. The summed E-state index contributed by atoms with van der Waals surface area (Å²) < 4.78 is 16.7. The van der Waals surface area contributed by atoms with Crippen LogP contribution in [0, 0.1) is 0 Å². The van der Waals surface area contributed by atoms with E-state index >= 15 is 0 Å². The van der Waals surface area contributed by atoms with Crippen LogP contribution in [0.1, 0.15) is 41.1 Å². The maximum absolute atomic E-state index is 12.2. The van der Waals surface area contributed by atoms with Gasteiger partial charge in [-0.25, -0.2) is 0 Å². The zero-order chi connectivity index (χ0) is 17.1. The number of nitrogens with one attached hydrogen (secondary N) is 1. The van der Waals surface area contributed by atoms with Crippen molar-refractivity contribution in [2.24, 2.45) is 5.73 Å². The van der Waals surface area contributed by atoms with Gasteiger partial charge in [0, 0.05) is 24.1 Å². The lowest BCUT2D eigenvalue weighted by Gasteiger charge is -2.13. The molecule has 1 atom stereocenters. The molecule has 1 aliphatic heterocycles. The second-order valence-electron chi connectivity index (χ2n) is 5.82. The van der Waals surface area contributed by atoms with Gasteiger partial charge in [-0.05, 0) is 32.0 Å². The van der Waals surface area contributed by atoms with Crippen LogP contribution in [0.5, 0.6) is 11.5 Å². The molecule has 6 nitrogen and oxygen atoms in total. The maximum atomic E-state index is 12.2. The van der Waals surface area contributed by atoms with Crippen LogP contribution >= 0.6 is 12.4 Å². The SMILES string of the molecule is CCOc1cc2c(cc1CNC(=O)c1coc(CN)c1)OC(C)C2.Cl. The summed E-state index contributed by atoms with van der Waals surface area (Å²) in [6.45, 7) is 5.16. The van der Waals surface area contributed by atoms with Crippen LogP contribution in [0.4, 0.5) is 0 Å². The van der Waals surface area contributed by atoms with E-state index in [0.717, 1.165) is 29.0 Å². The van der Waals surface area contributed by atoms with Crippen LogP contribution in [0.25, 0.3) is 0 Å². The van der Waals surface area contributed by atoms with Gasteiger partial charge in [-0.3, -0.25) is 4.79 Å². The zero-order valence-corrected chi connectivity index (χ0v) is 15.2. The van der Waals surface area contributed by atoms with Gasteiger partial charge < -0.3 is 24.9 Å². The Kier molecular flexibility index (Phi) is 6.33. The topological polar surface area (TPSA) is 86.7 Å². The summed E-state index contributed by atoms with van der Waals surface area (Å²) in [5.74, 6) is 2.01. The molecule has 0 fully saturated rings. The van der Waals surface area contributed by atoms with Crippen LogP contribution in [0.2, 0.25) is 0 Å². The number of benzene rings is 1. The highest BCUT2D eigenvalue weighted by molar-refractivity contribution is 5.93. The van der Waals surface area contributed by atoms with E-state index in [1.54, 1.807) is 6.07 Å². The number of ether oxygens (including phenoxy) is 2. The Morgan fingerprint density at radius 2 is 2.20 bits per heavy atom. The first-order valence-electron chi connectivity index (χ1n) is 8.11. The number of carbonyl (C=O) groups is 1. The Morgan fingerprint density at radius 1 is 1.40 bits per heavy atom. The Bertz CT molecular complexity index is 745. The number of nitrogens with two attached hydrogens (primary N) is 1. The van der Waals surface area contributed by atoms with Crippen LogP contribution in [-0.4, -0.2) is 18.6 Å². The van der Waals surface area contributed by atoms with Crippen LogP contribution in [0.3, 0.4) is 0 Å². The number of hydrogen-bond acceptors (Lipinski definition) is 5. The molecule has 0 spiro atoms. The van der Waals surface area contributed by atoms with Crippen molar-refractivity contribution in [3.63, 3.8) is 0 Å². The first-order valence-corrected chi connectivity index (χ1v) is 8.11. The van der Waals surface area contributed by atoms with Crippen LogP contribution in [0.15, 0.2) is 28.9 Å². The number of amides is 1. The van der Waals surface area contributed by atoms with Gasteiger partial charge in [0.05, 0.1) is 18.7 Å². The number of fused-ring (bicyclic) bond motifs is 1. The zero-order valence-electron chi connectivity index (χ0n) is 14.3. The highest BCUT2D eigenvalue weighted by Crippen LogP contribution is 2.35. The van der Waals surface area contributed by atoms with Gasteiger partial charge in [0.15, 0.2) is 0 Å². The lowest BCUT2D eigenvalue weighted by atomic mass is 10.1. The minimum absolute atomic E-state index is 0. The molecule has 1 unspecified atom stereocenters. The van der Waals surface area contributed by atoms with Gasteiger partial charge >= 0.3 is 0 Å². The van der Waals surface area contributed by atoms with E-state index in [-0.39, 0.29) is 31.0 Å². The minimum atomic E-state index is -0.212. The molecular formula is C18H23ClN2O4. The predicted molar refractivity (Wildman–Crippen MR) is 96.4 cm³/mol. The van der Waals surface area contributed by atoms with Crippen molar-refractivity contribution in [2.75, 3.05) is 6.61 Å². The first-order chi connectivity index (χ1) is 11.6. The molecule has 0 saturated heterocycles. The number of halogens is 1. The third-order valence-electron chi connectivity index (χ3n) is 3.94. The fraction of sp³-hybridized carbons (Fsp3) is 0.389. The Hall–Kier alpha value is -2.18. The Balaban J connectivity index is 0.00000225. The van der Waals surface area contributed by atoms with Gasteiger partial charge in [-0.2, -0.15) is 0 Å². The molecule has 0 aliphatic carbocycles. The van der Waals surface area contributed by atoms with E-state index in [0.29, 0.717) is 24.5 Å². The number of rotatable bonds is 6. The second-order valence-corrected chi connectivity index (χ2v) is 5.82. The molecule has 2 heterocycles. The van der Waals surface area contributed by atoms with Crippen LogP contribution < -0.4 is 20.5 Å². The third kappa shape index (κ3) is 4.27. The Morgan fingerprint density at radius 3 is 2.88 bits per heavy atom. The summed E-state index contributed by atoms with van der Waals surface area (Å²) in [4.78, 5) is 12.2. The second kappa shape index (κ2) is 8.27. The lowest BCUT2D eigenvalue weighted by Crippen LogP contribution is -2.22. The molecule has 2 aromatic rings. The average molecular weight is 367 g/mol. The van der Waals surface area contributed by atoms with E-state index in [2.05, 4.69) is 5.32 Å². The van der Waals surface area contributed by atoms with Crippen molar-refractivity contribution in [3.05, 3.63) is 46.9 Å². The first kappa shape index (κ1) is 19.1. The molecule has 7 heteroatoms. The van der Waals surface area contributed by atoms with Crippen molar-refractivity contribution in [3.8, 4) is 11.5 Å². The fourth-order valence-corrected chi connectivity index (χ4v) is 2.79. The molecular weight excluding hydrogens is 344 g/mol. The van der Waals surface area contributed by atoms with Crippen molar-refractivity contribution in [1.29, 1.82) is 0 Å². The average Bonchev–Trinajstić information content (AvgIpc) is 3.17. The van der Waals surface area contributed by atoms with E-state index < -0.39 is 0 Å². The van der Waals surface area contributed by atoms with Crippen molar-refractivity contribution in [1.82, 2.24) is 5.32 Å². The molecule has 0 radical (unpaired) electrons. The van der Waals surface area contributed by atoms with E-state index in [4.69, 9.17) is 19.6 Å². The molecule has 1 aromatic carbocycles. The predicted octanol–water partition coefficient (Wildman–Crippen LogP) is 2.81. The summed E-state index contributed by atoms with van der Waals surface area (Å²) in [5.41, 5.74) is 7.98. The number of hydrogen-bond donors (Lipinski definition) is 2. The number of furan rings is 1. The molecule has 25 heavy (non-hydrogen) atoms. The van der Waals surface area contributed by atoms with Crippen molar-refractivity contribution in [2.45, 2.75) is 39.5 Å². The lowest BCUT2D eigenvalue weighted by molar-refractivity contribution is 0.0950. The fourth-order valence-electron chi connectivity index (χ4n) is 2.79. The monoisotopic (exact) mass is 366 g/mol. The van der Waals surface area contributed by atoms with Gasteiger partial charge in [0.25, 0.3) is 5.91 Å². The summed E-state index contributed by atoms with van der Waals surface area (Å²) in [6.07, 6.45) is 2.45. The van der Waals surface area contributed by atoms with E-state index in [9.17, 15) is 4.79 Å². The smallest absolute Gasteiger partial charge is 0.254 e. The molecule has 0 bridgehead atoms. The molecule has 1 aliphatic rings. The largest absolute Gasteiger partial charge is 0.494 e. The van der Waals surface area contributed by atoms with Crippen LogP contribution in [-0.2, 0) is 19.5 Å². The molecule has 3 rings (SSSR count). The molecule has 1 aromatic heterocycles. The third-order valence-corrected chi connectivity index (χ3v) is 3.94. The summed E-state index contributed by atoms with van der Waals surface area (Å²) in [6, 6.07) is 5.60. The standard InChI is InChI=1S/C18H22N2O4.ClH/c1-3-22-16-6-12-4-11(2)24-17(12)7-13(16)9-20-18(21)14-5-15(8-19)23-10-14;/h5-7,10-11H,3-4,8-9,19H2,1-2H3,(H,20,21);1H. The van der Waals surface area contributed by atoms with Crippen molar-refractivity contribution >= 4 is 18.3 Å². The quantitative estimate of drug-likeness (QED) is 0.820. The molecule has 3 N–H and O–H groups in total. The normalized spacial score (nSPS) is 15.1. The van der Waals surface area contributed by atoms with Gasteiger partial charge in [0.2, 0.25) is 0 Å². The molecule has 0 saturated carbocycles. The highest BCUT2D eigenvalue weighted by Gasteiger charge is 2.22. The number of carbonyl (C=O) groups excluding carboxylic acids is 1. The van der Waals surface area contributed by atoms with Gasteiger partial charge in [-0.1, -0.05) is 0 Å². The van der Waals surface area contributed by atoms with Gasteiger partial charge in [0.1, 0.15) is 29.6 Å². The van der Waals surface area contributed by atoms with E-state index in [1.165, 1.54) is 6.26 Å². The molecule has 1 amide bonds. The summed E-state index contributed by atoms with van der Waals surface area (Å²) in [5, 5.41) is 2.88. The minimum Gasteiger partial charge on any atom is -0.494 e.